The summed E-state index contributed by atoms with van der Waals surface area (Å²) in [5.74, 6) is -0.860. The lowest BCUT2D eigenvalue weighted by atomic mass is 10.2. The van der Waals surface area contributed by atoms with E-state index in [0.717, 1.165) is 36.8 Å². The van der Waals surface area contributed by atoms with Gasteiger partial charge in [0.05, 0.1) is 32.4 Å². The van der Waals surface area contributed by atoms with Gasteiger partial charge in [0.15, 0.2) is 12.3 Å². The van der Waals surface area contributed by atoms with E-state index >= 15 is 0 Å². The molecule has 0 spiro atoms. The number of carbonyl (C=O) groups excluding carboxylic acids is 2. The van der Waals surface area contributed by atoms with Gasteiger partial charge in [-0.05, 0) is 36.4 Å². The van der Waals surface area contributed by atoms with Gasteiger partial charge in [-0.3, -0.25) is 20.4 Å². The number of piperazine rings is 1. The third-order valence-corrected chi connectivity index (χ3v) is 4.13. The Morgan fingerprint density at radius 1 is 1.12 bits per heavy atom. The van der Waals surface area contributed by atoms with Gasteiger partial charge in [0.2, 0.25) is 0 Å². The Morgan fingerprint density at radius 2 is 1.84 bits per heavy atom. The van der Waals surface area contributed by atoms with Crippen LogP contribution in [0.3, 0.4) is 0 Å². The Morgan fingerprint density at radius 3 is 2.48 bits per heavy atom. The van der Waals surface area contributed by atoms with Gasteiger partial charge in [0, 0.05) is 5.69 Å². The highest BCUT2D eigenvalue weighted by molar-refractivity contribution is 5.92. The maximum atomic E-state index is 13.0. The SMILES string of the molecule is O=C(C[NH+]1CCN(c2ccc(F)cc2)CC1)NNC(=O)c1ccco1. The minimum atomic E-state index is -0.491. The average Bonchev–Trinajstić information content (AvgIpc) is 3.16. The molecule has 0 aliphatic carbocycles. The predicted octanol–water partition coefficient (Wildman–Crippen LogP) is -0.415. The molecule has 1 aliphatic rings. The number of quaternary nitrogens is 1. The molecule has 0 radical (unpaired) electrons. The van der Waals surface area contributed by atoms with Gasteiger partial charge in [0.25, 0.3) is 5.91 Å². The van der Waals surface area contributed by atoms with Crippen LogP contribution in [0.15, 0.2) is 47.1 Å². The van der Waals surface area contributed by atoms with Crippen LogP contribution in [0, 0.1) is 5.82 Å². The maximum absolute atomic E-state index is 13.0. The van der Waals surface area contributed by atoms with E-state index in [1.54, 1.807) is 18.2 Å². The van der Waals surface area contributed by atoms with E-state index in [2.05, 4.69) is 15.8 Å². The van der Waals surface area contributed by atoms with Gasteiger partial charge in [0.1, 0.15) is 5.82 Å². The molecule has 25 heavy (non-hydrogen) atoms. The average molecular weight is 347 g/mol. The van der Waals surface area contributed by atoms with Crippen molar-refractivity contribution < 1.29 is 23.3 Å². The molecule has 3 rings (SSSR count). The summed E-state index contributed by atoms with van der Waals surface area (Å²) in [4.78, 5) is 26.9. The van der Waals surface area contributed by atoms with E-state index in [9.17, 15) is 14.0 Å². The minimum Gasteiger partial charge on any atom is -0.459 e. The fourth-order valence-corrected chi connectivity index (χ4v) is 2.78. The van der Waals surface area contributed by atoms with Gasteiger partial charge in [-0.15, -0.1) is 0 Å². The third kappa shape index (κ3) is 4.57. The number of halogens is 1. The lowest BCUT2D eigenvalue weighted by Gasteiger charge is -2.33. The number of carbonyl (C=O) groups is 2. The fraction of sp³-hybridized carbons (Fsp3) is 0.294. The van der Waals surface area contributed by atoms with Gasteiger partial charge in [-0.1, -0.05) is 0 Å². The lowest BCUT2D eigenvalue weighted by Crippen LogP contribution is -3.16. The molecule has 0 unspecified atom stereocenters. The van der Waals surface area contributed by atoms with Crippen molar-refractivity contribution in [3.8, 4) is 0 Å². The summed E-state index contributed by atoms with van der Waals surface area (Å²) in [6.45, 7) is 3.42. The molecule has 132 valence electrons. The molecule has 0 atom stereocenters. The van der Waals surface area contributed by atoms with Crippen molar-refractivity contribution in [3.05, 3.63) is 54.2 Å². The molecule has 7 nitrogen and oxygen atoms in total. The molecule has 1 fully saturated rings. The number of nitrogens with one attached hydrogen (secondary N) is 3. The molecule has 1 aliphatic heterocycles. The van der Waals surface area contributed by atoms with Crippen molar-refractivity contribution in [3.63, 3.8) is 0 Å². The molecule has 1 aromatic heterocycles. The zero-order valence-corrected chi connectivity index (χ0v) is 13.6. The molecule has 2 heterocycles. The zero-order valence-electron chi connectivity index (χ0n) is 13.6. The predicted molar refractivity (Wildman–Crippen MR) is 88.5 cm³/mol. The van der Waals surface area contributed by atoms with Crippen molar-refractivity contribution in [2.45, 2.75) is 0 Å². The van der Waals surface area contributed by atoms with Crippen LogP contribution in [-0.2, 0) is 4.79 Å². The van der Waals surface area contributed by atoms with Crippen molar-refractivity contribution >= 4 is 17.5 Å². The van der Waals surface area contributed by atoms with Crippen LogP contribution < -0.4 is 20.7 Å². The molecule has 2 aromatic rings. The third-order valence-electron chi connectivity index (χ3n) is 4.13. The molecule has 3 N–H and O–H groups in total. The number of amides is 2. The van der Waals surface area contributed by atoms with Crippen LogP contribution in [0.25, 0.3) is 0 Å². The second kappa shape index (κ2) is 7.80. The first-order valence-electron chi connectivity index (χ1n) is 8.08. The molecule has 1 saturated heterocycles. The monoisotopic (exact) mass is 347 g/mol. The van der Waals surface area contributed by atoms with Crippen molar-refractivity contribution in [2.75, 3.05) is 37.6 Å². The summed E-state index contributed by atoms with van der Waals surface area (Å²) >= 11 is 0. The van der Waals surface area contributed by atoms with E-state index in [1.165, 1.54) is 24.5 Å². The fourth-order valence-electron chi connectivity index (χ4n) is 2.78. The summed E-state index contributed by atoms with van der Waals surface area (Å²) in [7, 11) is 0. The number of hydrazine groups is 1. The molecular weight excluding hydrogens is 327 g/mol. The van der Waals surface area contributed by atoms with Crippen LogP contribution in [0.4, 0.5) is 10.1 Å². The number of rotatable bonds is 4. The highest BCUT2D eigenvalue weighted by Gasteiger charge is 2.22. The summed E-state index contributed by atoms with van der Waals surface area (Å²) in [6.07, 6.45) is 1.39. The van der Waals surface area contributed by atoms with Gasteiger partial charge >= 0.3 is 5.91 Å². The van der Waals surface area contributed by atoms with E-state index in [1.807, 2.05) is 0 Å². The number of benzene rings is 1. The highest BCUT2D eigenvalue weighted by Crippen LogP contribution is 2.14. The normalized spacial score (nSPS) is 15.0. The molecule has 1 aromatic carbocycles. The van der Waals surface area contributed by atoms with Gasteiger partial charge in [-0.2, -0.15) is 0 Å². The van der Waals surface area contributed by atoms with Crippen LogP contribution >= 0.6 is 0 Å². The number of hydrogen-bond donors (Lipinski definition) is 3. The van der Waals surface area contributed by atoms with Crippen LogP contribution in [0.5, 0.6) is 0 Å². The van der Waals surface area contributed by atoms with Crippen molar-refractivity contribution in [2.24, 2.45) is 0 Å². The van der Waals surface area contributed by atoms with E-state index in [-0.39, 0.29) is 24.0 Å². The zero-order chi connectivity index (χ0) is 17.6. The highest BCUT2D eigenvalue weighted by atomic mass is 19.1. The quantitative estimate of drug-likeness (QED) is 0.657. The van der Waals surface area contributed by atoms with Gasteiger partial charge in [-0.25, -0.2) is 4.39 Å². The Labute approximate surface area is 144 Å². The van der Waals surface area contributed by atoms with Crippen molar-refractivity contribution in [1.29, 1.82) is 0 Å². The summed E-state index contributed by atoms with van der Waals surface area (Å²) in [6, 6.07) is 9.53. The Kier molecular flexibility index (Phi) is 5.30. The second-order valence-corrected chi connectivity index (χ2v) is 5.87. The molecule has 2 amide bonds. The van der Waals surface area contributed by atoms with E-state index in [4.69, 9.17) is 4.42 Å². The van der Waals surface area contributed by atoms with Crippen molar-refractivity contribution in [1.82, 2.24) is 10.9 Å². The molecular formula is C17H20FN4O3+. The summed E-state index contributed by atoms with van der Waals surface area (Å²) in [5, 5.41) is 0. The molecule has 8 heteroatoms. The maximum Gasteiger partial charge on any atom is 0.305 e. The number of anilines is 1. The Hall–Kier alpha value is -2.87. The minimum absolute atomic E-state index is 0.139. The van der Waals surface area contributed by atoms with E-state index < -0.39 is 5.91 Å². The Bertz CT molecular complexity index is 710. The topological polar surface area (TPSA) is 79.0 Å². The van der Waals surface area contributed by atoms with Gasteiger partial charge < -0.3 is 14.2 Å². The first-order chi connectivity index (χ1) is 12.1. The van der Waals surface area contributed by atoms with Crippen LogP contribution in [0.2, 0.25) is 0 Å². The summed E-state index contributed by atoms with van der Waals surface area (Å²) < 4.78 is 17.9. The number of hydrogen-bond acceptors (Lipinski definition) is 4. The lowest BCUT2D eigenvalue weighted by molar-refractivity contribution is -0.892. The first-order valence-corrected chi connectivity index (χ1v) is 8.08. The number of furan rings is 1. The number of nitrogens with zero attached hydrogens (tertiary/aromatic N) is 1. The second-order valence-electron chi connectivity index (χ2n) is 5.87. The van der Waals surface area contributed by atoms with Crippen LogP contribution in [-0.4, -0.2) is 44.5 Å². The van der Waals surface area contributed by atoms with E-state index in [0.29, 0.717) is 0 Å². The Balaban J connectivity index is 1.40. The molecule has 0 saturated carbocycles. The molecule has 0 bridgehead atoms. The smallest absolute Gasteiger partial charge is 0.305 e. The standard InChI is InChI=1S/C17H19FN4O3/c18-13-3-5-14(6-4-13)22-9-7-21(8-10-22)12-16(23)19-20-17(24)15-2-1-11-25-15/h1-6,11H,7-10,12H2,(H,19,23)(H,20,24)/p+1. The van der Waals surface area contributed by atoms with Crippen LogP contribution in [0.1, 0.15) is 10.6 Å². The summed E-state index contributed by atoms with van der Waals surface area (Å²) in [5.41, 5.74) is 5.70. The largest absolute Gasteiger partial charge is 0.459 e. The first kappa shape index (κ1) is 17.0.